The summed E-state index contributed by atoms with van der Waals surface area (Å²) in [6, 6.07) is 3.70. The van der Waals surface area contributed by atoms with Gasteiger partial charge < -0.3 is 21.1 Å². The molecule has 0 saturated carbocycles. The van der Waals surface area contributed by atoms with Crippen LogP contribution in [0.4, 0.5) is 0 Å². The van der Waals surface area contributed by atoms with Crippen molar-refractivity contribution < 1.29 is 23.7 Å². The Morgan fingerprint density at radius 3 is 2.12 bits per heavy atom. The van der Waals surface area contributed by atoms with Crippen LogP contribution in [-0.4, -0.2) is 42.6 Å². The van der Waals surface area contributed by atoms with E-state index in [4.69, 9.17) is 10.8 Å². The van der Waals surface area contributed by atoms with Crippen LogP contribution in [0.5, 0.6) is 0 Å². The summed E-state index contributed by atoms with van der Waals surface area (Å²) in [6.07, 6.45) is 1.05. The Labute approximate surface area is 99.2 Å². The van der Waals surface area contributed by atoms with Crippen molar-refractivity contribution in [2.45, 2.75) is 16.7 Å². The number of hydrogen-bond acceptors (Lipinski definition) is 6. The molecule has 0 spiro atoms. The molecule has 0 heterocycles. The highest BCUT2D eigenvalue weighted by Crippen LogP contribution is 2.22. The van der Waals surface area contributed by atoms with Gasteiger partial charge in [-0.2, -0.15) is 0 Å². The second-order valence-electron chi connectivity index (χ2n) is 3.81. The van der Waals surface area contributed by atoms with Gasteiger partial charge in [0, 0.05) is 11.8 Å². The Bertz CT molecular complexity index is 480. The highest BCUT2D eigenvalue weighted by atomic mass is 32.2. The molecule has 96 valence electrons. The lowest BCUT2D eigenvalue weighted by Crippen LogP contribution is -2.47. The minimum Gasteiger partial charge on any atom is -0.395 e. The Hall–Kier alpha value is -0.990. The summed E-state index contributed by atoms with van der Waals surface area (Å²) < 4.78 is 22.4. The fraction of sp³-hybridized carbons (Fsp3) is 0.400. The Kier molecular flexibility index (Phi) is 3.90. The number of rotatable bonds is 4. The third-order valence-electron chi connectivity index (χ3n) is 2.42. The highest BCUT2D eigenvalue weighted by Gasteiger charge is 2.33. The second-order valence-corrected chi connectivity index (χ2v) is 5.83. The first-order valence-corrected chi connectivity index (χ1v) is 6.70. The number of hydrogen-bond donors (Lipinski definition) is 4. The van der Waals surface area contributed by atoms with E-state index in [2.05, 4.69) is 0 Å². The summed E-state index contributed by atoms with van der Waals surface area (Å²) in [6.45, 7) is -0.610. The van der Waals surface area contributed by atoms with Crippen LogP contribution in [-0.2, 0) is 15.6 Å². The Balaban J connectivity index is 3.11. The molecule has 1 aromatic carbocycles. The average molecular weight is 261 g/mol. The molecular formula is C10H15NO5S. The van der Waals surface area contributed by atoms with Gasteiger partial charge in [0.2, 0.25) is 5.79 Å². The van der Waals surface area contributed by atoms with Gasteiger partial charge in [0.1, 0.15) is 0 Å². The lowest BCUT2D eigenvalue weighted by atomic mass is 9.99. The topological polar surface area (TPSA) is 121 Å². The number of nitrogens with two attached hydrogens (primary N) is 1. The smallest absolute Gasteiger partial charge is 0.207 e. The first-order chi connectivity index (χ1) is 7.69. The quantitative estimate of drug-likeness (QED) is 0.492. The van der Waals surface area contributed by atoms with Crippen LogP contribution in [0, 0.1) is 0 Å². The molecule has 6 nitrogen and oxygen atoms in total. The normalized spacial score (nSPS) is 14.6. The van der Waals surface area contributed by atoms with Crippen LogP contribution in [0.15, 0.2) is 29.2 Å². The van der Waals surface area contributed by atoms with Gasteiger partial charge in [0.05, 0.1) is 17.5 Å². The van der Waals surface area contributed by atoms with E-state index in [0.29, 0.717) is 0 Å². The number of aliphatic hydroxyl groups is 3. The van der Waals surface area contributed by atoms with Crippen molar-refractivity contribution in [3.05, 3.63) is 29.8 Å². The van der Waals surface area contributed by atoms with E-state index in [9.17, 15) is 18.6 Å². The molecule has 0 aromatic heterocycles. The Morgan fingerprint density at radius 2 is 1.76 bits per heavy atom. The van der Waals surface area contributed by atoms with E-state index < -0.39 is 28.3 Å². The van der Waals surface area contributed by atoms with Gasteiger partial charge in [-0.3, -0.25) is 0 Å². The molecule has 1 atom stereocenters. The zero-order chi connectivity index (χ0) is 13.3. The molecule has 1 unspecified atom stereocenters. The van der Waals surface area contributed by atoms with Crippen molar-refractivity contribution in [1.29, 1.82) is 0 Å². The number of benzene rings is 1. The molecule has 0 radical (unpaired) electrons. The summed E-state index contributed by atoms with van der Waals surface area (Å²) in [5, 5.41) is 28.1. The second kappa shape index (κ2) is 4.71. The van der Waals surface area contributed by atoms with Gasteiger partial charge >= 0.3 is 0 Å². The summed E-state index contributed by atoms with van der Waals surface area (Å²) in [4.78, 5) is 0.0645. The third-order valence-corrected chi connectivity index (χ3v) is 3.55. The molecule has 17 heavy (non-hydrogen) atoms. The minimum atomic E-state index is -3.33. The molecule has 0 bridgehead atoms. The van der Waals surface area contributed by atoms with Gasteiger partial charge in [-0.1, -0.05) is 12.1 Å². The average Bonchev–Trinajstić information content (AvgIpc) is 2.27. The van der Waals surface area contributed by atoms with Crippen LogP contribution in [0.1, 0.15) is 5.56 Å². The zero-order valence-corrected chi connectivity index (χ0v) is 10.1. The van der Waals surface area contributed by atoms with E-state index in [-0.39, 0.29) is 10.5 Å². The molecule has 0 aliphatic heterocycles. The Morgan fingerprint density at radius 1 is 1.29 bits per heavy atom. The van der Waals surface area contributed by atoms with Crippen LogP contribution >= 0.6 is 0 Å². The lowest BCUT2D eigenvalue weighted by Gasteiger charge is -2.27. The molecule has 0 aliphatic carbocycles. The zero-order valence-electron chi connectivity index (χ0n) is 9.24. The summed E-state index contributed by atoms with van der Waals surface area (Å²) >= 11 is 0. The molecule has 1 aromatic rings. The predicted molar refractivity (Wildman–Crippen MR) is 60.7 cm³/mol. The summed E-state index contributed by atoms with van der Waals surface area (Å²) in [5.74, 6) is -2.40. The third kappa shape index (κ3) is 3.02. The van der Waals surface area contributed by atoms with E-state index >= 15 is 0 Å². The van der Waals surface area contributed by atoms with E-state index in [1.807, 2.05) is 0 Å². The van der Waals surface area contributed by atoms with Gasteiger partial charge in [-0.05, 0) is 12.1 Å². The van der Waals surface area contributed by atoms with E-state index in [1.165, 1.54) is 24.3 Å². The van der Waals surface area contributed by atoms with Crippen molar-refractivity contribution in [3.63, 3.8) is 0 Å². The highest BCUT2D eigenvalue weighted by molar-refractivity contribution is 7.90. The summed E-state index contributed by atoms with van der Waals surface area (Å²) in [5.41, 5.74) is 5.36. The van der Waals surface area contributed by atoms with Gasteiger partial charge in [-0.25, -0.2) is 8.42 Å². The van der Waals surface area contributed by atoms with E-state index in [0.717, 1.165) is 6.26 Å². The molecule has 5 N–H and O–H groups in total. The van der Waals surface area contributed by atoms with Crippen molar-refractivity contribution in [1.82, 2.24) is 0 Å². The molecule has 0 fully saturated rings. The SMILES string of the molecule is CS(=O)(=O)c1ccc(C(O)(O)C(N)CO)cc1. The first kappa shape index (κ1) is 14.1. The first-order valence-electron chi connectivity index (χ1n) is 4.81. The van der Waals surface area contributed by atoms with Crippen LogP contribution in [0.3, 0.4) is 0 Å². The predicted octanol–water partition coefficient (Wildman–Crippen LogP) is -1.45. The van der Waals surface area contributed by atoms with Crippen molar-refractivity contribution >= 4 is 9.84 Å². The maximum absolute atomic E-state index is 11.2. The maximum atomic E-state index is 11.2. The fourth-order valence-electron chi connectivity index (χ4n) is 1.29. The van der Waals surface area contributed by atoms with Gasteiger partial charge in [-0.15, -0.1) is 0 Å². The molecule has 0 aliphatic rings. The molecular weight excluding hydrogens is 246 g/mol. The van der Waals surface area contributed by atoms with E-state index in [1.54, 1.807) is 0 Å². The molecule has 0 amide bonds. The van der Waals surface area contributed by atoms with Crippen LogP contribution in [0.2, 0.25) is 0 Å². The minimum absolute atomic E-state index is 0.0199. The van der Waals surface area contributed by atoms with Crippen LogP contribution < -0.4 is 5.73 Å². The largest absolute Gasteiger partial charge is 0.395 e. The fourth-order valence-corrected chi connectivity index (χ4v) is 1.92. The number of aliphatic hydroxyl groups excluding tert-OH is 1. The van der Waals surface area contributed by atoms with Gasteiger partial charge in [0.25, 0.3) is 0 Å². The lowest BCUT2D eigenvalue weighted by molar-refractivity contribution is -0.191. The van der Waals surface area contributed by atoms with Crippen molar-refractivity contribution in [3.8, 4) is 0 Å². The monoisotopic (exact) mass is 261 g/mol. The standard InChI is InChI=1S/C10H15NO5S/c1-17(15,16)8-4-2-7(3-5-8)10(13,14)9(11)6-12/h2-5,9,12-14H,6,11H2,1H3. The summed E-state index contributed by atoms with van der Waals surface area (Å²) in [7, 11) is -3.33. The maximum Gasteiger partial charge on any atom is 0.207 e. The van der Waals surface area contributed by atoms with Crippen molar-refractivity contribution in [2.75, 3.05) is 12.9 Å². The van der Waals surface area contributed by atoms with Gasteiger partial charge in [0.15, 0.2) is 9.84 Å². The molecule has 7 heteroatoms. The number of sulfone groups is 1. The van der Waals surface area contributed by atoms with Crippen LogP contribution in [0.25, 0.3) is 0 Å². The molecule has 0 saturated heterocycles. The van der Waals surface area contributed by atoms with Crippen molar-refractivity contribution in [2.24, 2.45) is 5.73 Å². The molecule has 1 rings (SSSR count).